The molecule has 1 unspecified atom stereocenters. The summed E-state index contributed by atoms with van der Waals surface area (Å²) in [6, 6.07) is 10.2. The summed E-state index contributed by atoms with van der Waals surface area (Å²) in [7, 11) is 0. The third-order valence-electron chi connectivity index (χ3n) is 2.59. The first-order valence-corrected chi connectivity index (χ1v) is 6.45. The zero-order valence-electron chi connectivity index (χ0n) is 9.90. The van der Waals surface area contributed by atoms with Crippen molar-refractivity contribution in [2.24, 2.45) is 0 Å². The van der Waals surface area contributed by atoms with E-state index in [9.17, 15) is 4.79 Å². The predicted molar refractivity (Wildman–Crippen MR) is 71.7 cm³/mol. The van der Waals surface area contributed by atoms with Crippen molar-refractivity contribution >= 4 is 17.5 Å². The lowest BCUT2D eigenvalue weighted by atomic mass is 9.94. The van der Waals surface area contributed by atoms with Crippen LogP contribution in [0.4, 0.5) is 0 Å². The van der Waals surface area contributed by atoms with E-state index in [0.717, 1.165) is 5.75 Å². The Bertz CT molecular complexity index is 358. The van der Waals surface area contributed by atoms with Gasteiger partial charge in [-0.3, -0.25) is 4.79 Å². The molecule has 1 aromatic carbocycles. The smallest absolute Gasteiger partial charge is 0.156 e. The molecule has 1 rings (SSSR count). The van der Waals surface area contributed by atoms with Gasteiger partial charge in [0.05, 0.1) is 0 Å². The molecular weight excluding hydrogens is 216 g/mol. The fourth-order valence-corrected chi connectivity index (χ4v) is 2.93. The molecule has 0 saturated heterocycles. The molecule has 0 N–H and O–H groups in total. The van der Waals surface area contributed by atoms with E-state index in [1.807, 2.05) is 18.2 Å². The topological polar surface area (TPSA) is 17.1 Å². The average Bonchev–Trinajstić information content (AvgIpc) is 2.30. The van der Waals surface area contributed by atoms with Gasteiger partial charge in [-0.25, -0.2) is 0 Å². The maximum absolute atomic E-state index is 11.5. The lowest BCUT2D eigenvalue weighted by Gasteiger charge is -2.28. The molecule has 0 radical (unpaired) electrons. The highest BCUT2D eigenvalue weighted by atomic mass is 32.2. The Morgan fingerprint density at radius 3 is 2.56 bits per heavy atom. The van der Waals surface area contributed by atoms with E-state index in [1.165, 1.54) is 11.6 Å². The molecule has 0 amide bonds. The molecular formula is C14H18OS. The summed E-state index contributed by atoms with van der Waals surface area (Å²) in [5.74, 6) is 1.10. The quantitative estimate of drug-likeness (QED) is 0.696. The molecule has 0 saturated carbocycles. The molecule has 16 heavy (non-hydrogen) atoms. The molecule has 0 spiro atoms. The number of ketones is 1. The summed E-state index contributed by atoms with van der Waals surface area (Å²) in [4.78, 5) is 11.5. The summed E-state index contributed by atoms with van der Waals surface area (Å²) in [6.07, 6.45) is 1.93. The maximum atomic E-state index is 11.5. The van der Waals surface area contributed by atoms with E-state index in [4.69, 9.17) is 0 Å². The molecule has 0 aromatic heterocycles. The Hall–Kier alpha value is -1.02. The molecule has 0 aliphatic carbocycles. The van der Waals surface area contributed by atoms with E-state index in [1.54, 1.807) is 11.8 Å². The van der Waals surface area contributed by atoms with Gasteiger partial charge in [-0.15, -0.1) is 0 Å². The van der Waals surface area contributed by atoms with Gasteiger partial charge in [0.1, 0.15) is 0 Å². The van der Waals surface area contributed by atoms with Crippen molar-refractivity contribution < 1.29 is 4.79 Å². The molecule has 0 heterocycles. The highest BCUT2D eigenvalue weighted by molar-refractivity contribution is 8.00. The van der Waals surface area contributed by atoms with Gasteiger partial charge >= 0.3 is 0 Å². The minimum absolute atomic E-state index is 0.104. The first-order valence-electron chi connectivity index (χ1n) is 5.47. The molecule has 2 heteroatoms. The summed E-state index contributed by atoms with van der Waals surface area (Å²) in [5.41, 5.74) is 1.21. The average molecular weight is 234 g/mol. The van der Waals surface area contributed by atoms with Gasteiger partial charge in [0.15, 0.2) is 5.78 Å². The second-order valence-corrected chi connectivity index (χ2v) is 5.64. The van der Waals surface area contributed by atoms with Crippen LogP contribution in [0.5, 0.6) is 0 Å². The second-order valence-electron chi connectivity index (χ2n) is 3.88. The van der Waals surface area contributed by atoms with Crippen LogP contribution in [-0.4, -0.2) is 11.5 Å². The normalized spacial score (nSPS) is 14.1. The largest absolute Gasteiger partial charge is 0.295 e. The fourth-order valence-electron chi connectivity index (χ4n) is 1.75. The first kappa shape index (κ1) is 13.0. The van der Waals surface area contributed by atoms with Crippen molar-refractivity contribution in [3.8, 4) is 0 Å². The first-order chi connectivity index (χ1) is 7.62. The minimum Gasteiger partial charge on any atom is -0.295 e. The van der Waals surface area contributed by atoms with E-state index < -0.39 is 0 Å². The molecule has 86 valence electrons. The number of allylic oxidation sites excluding steroid dienone is 1. The zero-order valence-corrected chi connectivity index (χ0v) is 10.7. The molecule has 1 aromatic rings. The van der Waals surface area contributed by atoms with Crippen molar-refractivity contribution in [3.63, 3.8) is 0 Å². The summed E-state index contributed by atoms with van der Waals surface area (Å²) in [5, 5.41) is 0. The number of thioether (sulfide) groups is 1. The Morgan fingerprint density at radius 2 is 2.06 bits per heavy atom. The number of rotatable bonds is 6. The van der Waals surface area contributed by atoms with E-state index in [0.29, 0.717) is 6.42 Å². The van der Waals surface area contributed by atoms with Gasteiger partial charge in [0.25, 0.3) is 0 Å². The summed E-state index contributed by atoms with van der Waals surface area (Å²) < 4.78 is -0.138. The van der Waals surface area contributed by atoms with E-state index in [-0.39, 0.29) is 10.5 Å². The standard InChI is InChI=1S/C14H18OS/c1-4-13(15)11-14(3,16-5-2)12-9-7-6-8-10-12/h4,6-10H,1,5,11H2,2-3H3. The van der Waals surface area contributed by atoms with Crippen LogP contribution < -0.4 is 0 Å². The van der Waals surface area contributed by atoms with Crippen LogP contribution in [0.1, 0.15) is 25.8 Å². The summed E-state index contributed by atoms with van der Waals surface area (Å²) >= 11 is 1.81. The van der Waals surface area contributed by atoms with Crippen LogP contribution in [0.3, 0.4) is 0 Å². The molecule has 1 nitrogen and oxygen atoms in total. The third kappa shape index (κ3) is 3.24. The van der Waals surface area contributed by atoms with Crippen molar-refractivity contribution in [1.82, 2.24) is 0 Å². The minimum atomic E-state index is -0.138. The highest BCUT2D eigenvalue weighted by Gasteiger charge is 2.28. The number of carbonyl (C=O) groups is 1. The van der Waals surface area contributed by atoms with Crippen molar-refractivity contribution in [2.45, 2.75) is 25.0 Å². The van der Waals surface area contributed by atoms with Gasteiger partial charge in [0, 0.05) is 11.2 Å². The maximum Gasteiger partial charge on any atom is 0.156 e. The zero-order chi connectivity index (χ0) is 12.0. The van der Waals surface area contributed by atoms with Gasteiger partial charge in [-0.1, -0.05) is 43.8 Å². The molecule has 1 atom stereocenters. The van der Waals surface area contributed by atoms with Crippen LogP contribution in [0, 0.1) is 0 Å². The predicted octanol–water partition coefficient (Wildman–Crippen LogP) is 3.80. The molecule has 0 aliphatic heterocycles. The van der Waals surface area contributed by atoms with Crippen LogP contribution >= 0.6 is 11.8 Å². The number of benzene rings is 1. The second kappa shape index (κ2) is 5.90. The van der Waals surface area contributed by atoms with Gasteiger partial charge in [-0.05, 0) is 24.3 Å². The number of hydrogen-bond acceptors (Lipinski definition) is 2. The van der Waals surface area contributed by atoms with Gasteiger partial charge < -0.3 is 0 Å². The summed E-state index contributed by atoms with van der Waals surface area (Å²) in [6.45, 7) is 7.78. The number of carbonyl (C=O) groups excluding carboxylic acids is 1. The SMILES string of the molecule is C=CC(=O)CC(C)(SCC)c1ccccc1. The van der Waals surface area contributed by atoms with E-state index >= 15 is 0 Å². The Balaban J connectivity index is 2.96. The van der Waals surface area contributed by atoms with Crippen LogP contribution in [-0.2, 0) is 9.54 Å². The third-order valence-corrected chi connectivity index (χ3v) is 3.89. The fraction of sp³-hybridized carbons (Fsp3) is 0.357. The van der Waals surface area contributed by atoms with E-state index in [2.05, 4.69) is 32.6 Å². The van der Waals surface area contributed by atoms with Crippen LogP contribution in [0.2, 0.25) is 0 Å². The molecule has 0 aliphatic rings. The Labute approximate surface area is 102 Å². The van der Waals surface area contributed by atoms with Crippen LogP contribution in [0.25, 0.3) is 0 Å². The monoisotopic (exact) mass is 234 g/mol. The Kier molecular flexibility index (Phi) is 4.81. The van der Waals surface area contributed by atoms with Crippen molar-refractivity contribution in [1.29, 1.82) is 0 Å². The lowest BCUT2D eigenvalue weighted by Crippen LogP contribution is -2.21. The molecule has 0 fully saturated rings. The van der Waals surface area contributed by atoms with Crippen molar-refractivity contribution in [2.75, 3.05) is 5.75 Å². The van der Waals surface area contributed by atoms with Gasteiger partial charge in [0.2, 0.25) is 0 Å². The van der Waals surface area contributed by atoms with Gasteiger partial charge in [-0.2, -0.15) is 11.8 Å². The number of hydrogen-bond donors (Lipinski definition) is 0. The lowest BCUT2D eigenvalue weighted by molar-refractivity contribution is -0.115. The highest BCUT2D eigenvalue weighted by Crippen LogP contribution is 2.39. The van der Waals surface area contributed by atoms with Crippen LogP contribution in [0.15, 0.2) is 43.0 Å². The molecule has 0 bridgehead atoms. The van der Waals surface area contributed by atoms with Crippen molar-refractivity contribution in [3.05, 3.63) is 48.6 Å². The Morgan fingerprint density at radius 1 is 1.44 bits per heavy atom.